The number of carbonyl (C=O) groups excluding carboxylic acids is 2. The number of para-hydroxylation sites is 1. The van der Waals surface area contributed by atoms with Crippen molar-refractivity contribution in [3.63, 3.8) is 0 Å². The van der Waals surface area contributed by atoms with E-state index in [0.29, 0.717) is 23.6 Å². The standard InChI is InChI=1S/C21H24N2O4/c1-14-8-10-16(11-9-14)23-12-15(2)22(13-19(23)24)21(25)17-6-5-7-18(26-3)20(17)27-4/h5-11,15H,12-13H2,1-4H3. The number of ether oxygens (including phenoxy) is 2. The normalized spacial score (nSPS) is 17.0. The van der Waals surface area contributed by atoms with Crippen molar-refractivity contribution in [2.24, 2.45) is 0 Å². The number of benzene rings is 2. The van der Waals surface area contributed by atoms with Crippen molar-refractivity contribution in [2.75, 3.05) is 32.2 Å². The number of aryl methyl sites for hydroxylation is 1. The number of piperazine rings is 1. The fraction of sp³-hybridized carbons (Fsp3) is 0.333. The average molecular weight is 368 g/mol. The van der Waals surface area contributed by atoms with Gasteiger partial charge >= 0.3 is 0 Å². The molecule has 0 spiro atoms. The molecule has 1 aliphatic rings. The van der Waals surface area contributed by atoms with Crippen LogP contribution in [-0.2, 0) is 4.79 Å². The van der Waals surface area contributed by atoms with Gasteiger partial charge in [0.05, 0.1) is 19.8 Å². The molecule has 6 nitrogen and oxygen atoms in total. The van der Waals surface area contributed by atoms with Crippen LogP contribution in [0, 0.1) is 6.92 Å². The maximum absolute atomic E-state index is 13.1. The van der Waals surface area contributed by atoms with Gasteiger partial charge in [0.2, 0.25) is 5.91 Å². The lowest BCUT2D eigenvalue weighted by molar-refractivity contribution is -0.121. The second kappa shape index (κ2) is 7.70. The van der Waals surface area contributed by atoms with Crippen molar-refractivity contribution in [1.82, 2.24) is 4.90 Å². The monoisotopic (exact) mass is 368 g/mol. The summed E-state index contributed by atoms with van der Waals surface area (Å²) >= 11 is 0. The van der Waals surface area contributed by atoms with E-state index in [0.717, 1.165) is 11.3 Å². The first-order valence-electron chi connectivity index (χ1n) is 8.85. The van der Waals surface area contributed by atoms with E-state index < -0.39 is 0 Å². The minimum atomic E-state index is -0.241. The molecule has 0 N–H and O–H groups in total. The Labute approximate surface area is 159 Å². The van der Waals surface area contributed by atoms with Gasteiger partial charge in [-0.2, -0.15) is 0 Å². The van der Waals surface area contributed by atoms with Crippen LogP contribution in [-0.4, -0.2) is 50.1 Å². The first-order valence-corrected chi connectivity index (χ1v) is 8.85. The van der Waals surface area contributed by atoms with Crippen molar-refractivity contribution in [1.29, 1.82) is 0 Å². The summed E-state index contributed by atoms with van der Waals surface area (Å²) in [5.41, 5.74) is 2.38. The van der Waals surface area contributed by atoms with Gasteiger partial charge in [-0.25, -0.2) is 0 Å². The van der Waals surface area contributed by atoms with E-state index in [1.807, 2.05) is 38.1 Å². The van der Waals surface area contributed by atoms with E-state index in [9.17, 15) is 9.59 Å². The summed E-state index contributed by atoms with van der Waals surface area (Å²) in [6.45, 7) is 4.42. The Hall–Kier alpha value is -3.02. The zero-order chi connectivity index (χ0) is 19.6. The Morgan fingerprint density at radius 2 is 1.78 bits per heavy atom. The first-order chi connectivity index (χ1) is 13.0. The number of amides is 2. The third-order valence-corrected chi connectivity index (χ3v) is 4.83. The maximum atomic E-state index is 13.1. The van der Waals surface area contributed by atoms with Gasteiger partial charge in [-0.05, 0) is 38.1 Å². The largest absolute Gasteiger partial charge is 0.493 e. The fourth-order valence-electron chi connectivity index (χ4n) is 3.31. The predicted molar refractivity (Wildman–Crippen MR) is 104 cm³/mol. The van der Waals surface area contributed by atoms with Gasteiger partial charge < -0.3 is 19.3 Å². The Bertz CT molecular complexity index is 848. The molecule has 2 amide bonds. The number of rotatable bonds is 4. The van der Waals surface area contributed by atoms with Gasteiger partial charge in [0.25, 0.3) is 5.91 Å². The Kier molecular flexibility index (Phi) is 5.35. The molecular formula is C21H24N2O4. The van der Waals surface area contributed by atoms with Gasteiger partial charge in [0, 0.05) is 18.3 Å². The molecule has 142 valence electrons. The SMILES string of the molecule is COc1cccc(C(=O)N2CC(=O)N(c3ccc(C)cc3)CC2C)c1OC. The summed E-state index contributed by atoms with van der Waals surface area (Å²) in [5.74, 6) is 0.522. The summed E-state index contributed by atoms with van der Waals surface area (Å²) in [6, 6.07) is 12.9. The Morgan fingerprint density at radius 3 is 2.41 bits per heavy atom. The highest BCUT2D eigenvalue weighted by molar-refractivity contribution is 6.03. The minimum absolute atomic E-state index is 0.0221. The van der Waals surface area contributed by atoms with Crippen LogP contribution in [0.5, 0.6) is 11.5 Å². The zero-order valence-corrected chi connectivity index (χ0v) is 16.1. The van der Waals surface area contributed by atoms with Gasteiger partial charge in [-0.15, -0.1) is 0 Å². The van der Waals surface area contributed by atoms with E-state index in [1.165, 1.54) is 14.2 Å². The molecule has 1 heterocycles. The van der Waals surface area contributed by atoms with Crippen LogP contribution in [0.15, 0.2) is 42.5 Å². The highest BCUT2D eigenvalue weighted by atomic mass is 16.5. The van der Waals surface area contributed by atoms with Crippen molar-refractivity contribution in [2.45, 2.75) is 19.9 Å². The van der Waals surface area contributed by atoms with Crippen LogP contribution in [0.1, 0.15) is 22.8 Å². The van der Waals surface area contributed by atoms with Gasteiger partial charge in [0.1, 0.15) is 6.54 Å². The molecule has 27 heavy (non-hydrogen) atoms. The molecule has 1 aliphatic heterocycles. The fourth-order valence-corrected chi connectivity index (χ4v) is 3.31. The molecule has 6 heteroatoms. The third kappa shape index (κ3) is 3.60. The predicted octanol–water partition coefficient (Wildman–Crippen LogP) is 2.89. The van der Waals surface area contributed by atoms with Crippen LogP contribution in [0.3, 0.4) is 0 Å². The summed E-state index contributed by atoms with van der Waals surface area (Å²) in [7, 11) is 3.02. The van der Waals surface area contributed by atoms with Crippen LogP contribution in [0.2, 0.25) is 0 Å². The van der Waals surface area contributed by atoms with Crippen LogP contribution < -0.4 is 14.4 Å². The number of carbonyl (C=O) groups is 2. The Morgan fingerprint density at radius 1 is 1.07 bits per heavy atom. The summed E-state index contributed by atoms with van der Waals surface area (Å²) < 4.78 is 10.7. The van der Waals surface area contributed by atoms with Crippen LogP contribution >= 0.6 is 0 Å². The zero-order valence-electron chi connectivity index (χ0n) is 16.1. The second-order valence-electron chi connectivity index (χ2n) is 6.66. The van der Waals surface area contributed by atoms with Gasteiger partial charge in [-0.3, -0.25) is 9.59 Å². The quantitative estimate of drug-likeness (QED) is 0.833. The minimum Gasteiger partial charge on any atom is -0.493 e. The Balaban J connectivity index is 1.84. The molecule has 1 fully saturated rings. The number of hydrogen-bond donors (Lipinski definition) is 0. The highest BCUT2D eigenvalue weighted by Gasteiger charge is 2.35. The molecule has 0 aliphatic carbocycles. The molecule has 0 bridgehead atoms. The molecule has 0 saturated carbocycles. The van der Waals surface area contributed by atoms with E-state index in [2.05, 4.69) is 0 Å². The second-order valence-corrected chi connectivity index (χ2v) is 6.66. The summed E-state index contributed by atoms with van der Waals surface area (Å²) in [5, 5.41) is 0. The maximum Gasteiger partial charge on any atom is 0.258 e. The number of methoxy groups -OCH3 is 2. The molecule has 1 atom stereocenters. The lowest BCUT2D eigenvalue weighted by Crippen LogP contribution is -2.57. The van der Waals surface area contributed by atoms with Crippen molar-refractivity contribution in [3.05, 3.63) is 53.6 Å². The molecule has 2 aromatic rings. The van der Waals surface area contributed by atoms with Crippen molar-refractivity contribution in [3.8, 4) is 11.5 Å². The van der Waals surface area contributed by atoms with E-state index in [-0.39, 0.29) is 24.4 Å². The molecule has 3 rings (SSSR count). The van der Waals surface area contributed by atoms with Crippen molar-refractivity contribution >= 4 is 17.5 Å². The summed E-state index contributed by atoms with van der Waals surface area (Å²) in [6.07, 6.45) is 0. The molecule has 0 radical (unpaired) electrons. The molecule has 2 aromatic carbocycles. The smallest absolute Gasteiger partial charge is 0.258 e. The number of nitrogens with zero attached hydrogens (tertiary/aromatic N) is 2. The van der Waals surface area contributed by atoms with Gasteiger partial charge in [-0.1, -0.05) is 23.8 Å². The van der Waals surface area contributed by atoms with Crippen molar-refractivity contribution < 1.29 is 19.1 Å². The molecule has 1 unspecified atom stereocenters. The first kappa shape index (κ1) is 18.8. The van der Waals surface area contributed by atoms with E-state index in [1.54, 1.807) is 28.0 Å². The van der Waals surface area contributed by atoms with E-state index in [4.69, 9.17) is 9.47 Å². The van der Waals surface area contributed by atoms with Gasteiger partial charge in [0.15, 0.2) is 11.5 Å². The molecule has 0 aromatic heterocycles. The topological polar surface area (TPSA) is 59.1 Å². The average Bonchev–Trinajstić information content (AvgIpc) is 2.68. The number of hydrogen-bond acceptors (Lipinski definition) is 4. The third-order valence-electron chi connectivity index (χ3n) is 4.83. The highest BCUT2D eigenvalue weighted by Crippen LogP contribution is 2.32. The van der Waals surface area contributed by atoms with Crippen LogP contribution in [0.25, 0.3) is 0 Å². The summed E-state index contributed by atoms with van der Waals surface area (Å²) in [4.78, 5) is 29.2. The number of anilines is 1. The van der Waals surface area contributed by atoms with Crippen LogP contribution in [0.4, 0.5) is 5.69 Å². The van der Waals surface area contributed by atoms with E-state index >= 15 is 0 Å². The molecular weight excluding hydrogens is 344 g/mol. The molecule has 1 saturated heterocycles. The lowest BCUT2D eigenvalue weighted by atomic mass is 10.1. The lowest BCUT2D eigenvalue weighted by Gasteiger charge is -2.39.